The largest absolute Gasteiger partial charge is 0.366 e. The molecule has 3 aliphatic heterocycles. The molecule has 2 saturated heterocycles. The highest BCUT2D eigenvalue weighted by atomic mass is 16.2. The zero-order chi connectivity index (χ0) is 22.1. The summed E-state index contributed by atoms with van der Waals surface area (Å²) in [5.74, 6) is 0.513. The first kappa shape index (κ1) is 20.6. The lowest BCUT2D eigenvalue weighted by Crippen LogP contribution is -2.52. The van der Waals surface area contributed by atoms with E-state index >= 15 is 0 Å². The molecule has 2 aromatic rings. The summed E-state index contributed by atoms with van der Waals surface area (Å²) in [4.78, 5) is 43.1. The molecule has 0 radical (unpaired) electrons. The van der Waals surface area contributed by atoms with Crippen molar-refractivity contribution in [3.63, 3.8) is 0 Å². The molecule has 8 nitrogen and oxygen atoms in total. The number of benzene rings is 1. The highest BCUT2D eigenvalue weighted by Crippen LogP contribution is 2.30. The molecule has 2 fully saturated rings. The van der Waals surface area contributed by atoms with E-state index in [1.54, 1.807) is 4.90 Å². The van der Waals surface area contributed by atoms with Crippen LogP contribution < -0.4 is 16.0 Å². The molecule has 32 heavy (non-hydrogen) atoms. The minimum absolute atomic E-state index is 0.152. The summed E-state index contributed by atoms with van der Waals surface area (Å²) >= 11 is 0. The van der Waals surface area contributed by atoms with Crippen LogP contribution >= 0.6 is 0 Å². The van der Waals surface area contributed by atoms with Crippen LogP contribution in [0.25, 0.3) is 0 Å². The van der Waals surface area contributed by atoms with Crippen LogP contribution in [0.4, 0.5) is 5.82 Å². The van der Waals surface area contributed by atoms with Gasteiger partial charge in [-0.25, -0.2) is 4.98 Å². The molecule has 8 heteroatoms. The van der Waals surface area contributed by atoms with Crippen molar-refractivity contribution in [1.82, 2.24) is 20.5 Å². The van der Waals surface area contributed by atoms with Crippen molar-refractivity contribution in [2.45, 2.75) is 50.7 Å². The van der Waals surface area contributed by atoms with Crippen molar-refractivity contribution in [1.29, 1.82) is 0 Å². The highest BCUT2D eigenvalue weighted by Gasteiger charge is 2.39. The fourth-order valence-electron chi connectivity index (χ4n) is 4.93. The Morgan fingerprint density at radius 2 is 1.91 bits per heavy atom. The first-order valence-electron chi connectivity index (χ1n) is 11.3. The highest BCUT2D eigenvalue weighted by molar-refractivity contribution is 6.06. The SMILES string of the molecule is O=C1CCC(N2Cc3cccc(CNc4ccc(C5CCNCC5)cn4)c3C2=O)C(=O)N1. The molecule has 3 N–H and O–H groups in total. The van der Waals surface area contributed by atoms with Crippen LogP contribution in [0.5, 0.6) is 0 Å². The van der Waals surface area contributed by atoms with E-state index in [-0.39, 0.29) is 24.1 Å². The number of anilines is 1. The summed E-state index contributed by atoms with van der Waals surface area (Å²) in [5, 5.41) is 9.07. The topological polar surface area (TPSA) is 103 Å². The average Bonchev–Trinajstić information content (AvgIpc) is 3.15. The predicted octanol–water partition coefficient (Wildman–Crippen LogP) is 1.92. The van der Waals surface area contributed by atoms with Crippen LogP contribution in [0.15, 0.2) is 36.5 Å². The molecule has 5 rings (SSSR count). The van der Waals surface area contributed by atoms with Gasteiger partial charge in [0.15, 0.2) is 0 Å². The molecule has 0 spiro atoms. The number of amides is 3. The summed E-state index contributed by atoms with van der Waals surface area (Å²) in [6.07, 6.45) is 4.84. The van der Waals surface area contributed by atoms with E-state index < -0.39 is 6.04 Å². The third kappa shape index (κ3) is 3.98. The van der Waals surface area contributed by atoms with E-state index in [1.165, 1.54) is 5.56 Å². The maximum absolute atomic E-state index is 13.2. The van der Waals surface area contributed by atoms with Gasteiger partial charge in [0.2, 0.25) is 11.8 Å². The minimum atomic E-state index is -0.599. The number of aromatic nitrogens is 1. The Kier molecular flexibility index (Phi) is 5.61. The van der Waals surface area contributed by atoms with E-state index in [9.17, 15) is 14.4 Å². The molecule has 1 unspecified atom stereocenters. The van der Waals surface area contributed by atoms with Gasteiger partial charge in [-0.1, -0.05) is 24.3 Å². The molecular formula is C24H27N5O3. The van der Waals surface area contributed by atoms with Gasteiger partial charge in [0.25, 0.3) is 5.91 Å². The summed E-state index contributed by atoms with van der Waals surface area (Å²) < 4.78 is 0. The quantitative estimate of drug-likeness (QED) is 0.623. The Bertz CT molecular complexity index is 1050. The number of imide groups is 1. The van der Waals surface area contributed by atoms with Gasteiger partial charge in [0, 0.05) is 31.3 Å². The van der Waals surface area contributed by atoms with Gasteiger partial charge in [-0.3, -0.25) is 19.7 Å². The number of nitrogens with one attached hydrogen (secondary N) is 3. The number of fused-ring (bicyclic) bond motifs is 1. The lowest BCUT2D eigenvalue weighted by Gasteiger charge is -2.29. The van der Waals surface area contributed by atoms with Crippen LogP contribution in [-0.4, -0.2) is 46.7 Å². The predicted molar refractivity (Wildman–Crippen MR) is 119 cm³/mol. The molecule has 1 aromatic carbocycles. The second-order valence-corrected chi connectivity index (χ2v) is 8.71. The molecule has 1 atom stereocenters. The summed E-state index contributed by atoms with van der Waals surface area (Å²) in [5.41, 5.74) is 3.71. The van der Waals surface area contributed by atoms with Crippen LogP contribution in [0.1, 0.15) is 58.6 Å². The van der Waals surface area contributed by atoms with Crippen molar-refractivity contribution in [3.05, 3.63) is 58.8 Å². The van der Waals surface area contributed by atoms with Gasteiger partial charge in [0.05, 0.1) is 0 Å². The van der Waals surface area contributed by atoms with Gasteiger partial charge in [0.1, 0.15) is 11.9 Å². The normalized spacial score (nSPS) is 21.4. The fourth-order valence-corrected chi connectivity index (χ4v) is 4.93. The maximum atomic E-state index is 13.2. The first-order valence-corrected chi connectivity index (χ1v) is 11.3. The third-order valence-electron chi connectivity index (χ3n) is 6.70. The molecule has 3 aliphatic rings. The fraction of sp³-hybridized carbons (Fsp3) is 0.417. The van der Waals surface area contributed by atoms with Crippen molar-refractivity contribution < 1.29 is 14.4 Å². The van der Waals surface area contributed by atoms with Crippen molar-refractivity contribution in [2.75, 3.05) is 18.4 Å². The zero-order valence-corrected chi connectivity index (χ0v) is 17.9. The average molecular weight is 434 g/mol. The molecule has 0 saturated carbocycles. The van der Waals surface area contributed by atoms with Crippen LogP contribution in [0.2, 0.25) is 0 Å². The summed E-state index contributed by atoms with van der Waals surface area (Å²) in [7, 11) is 0. The number of rotatable bonds is 5. The second-order valence-electron chi connectivity index (χ2n) is 8.71. The van der Waals surface area contributed by atoms with Crippen LogP contribution in [0, 0.1) is 0 Å². The third-order valence-corrected chi connectivity index (χ3v) is 6.70. The number of nitrogens with zero attached hydrogens (tertiary/aromatic N) is 2. The van der Waals surface area contributed by atoms with E-state index in [2.05, 4.69) is 27.0 Å². The number of piperidine rings is 2. The van der Waals surface area contributed by atoms with E-state index in [1.807, 2.05) is 30.5 Å². The van der Waals surface area contributed by atoms with Gasteiger partial charge in [-0.15, -0.1) is 0 Å². The Labute approximate surface area is 186 Å². The van der Waals surface area contributed by atoms with Gasteiger partial charge < -0.3 is 15.5 Å². The molecule has 4 heterocycles. The first-order chi connectivity index (χ1) is 15.6. The molecule has 166 valence electrons. The zero-order valence-electron chi connectivity index (χ0n) is 17.9. The molecule has 3 amide bonds. The van der Waals surface area contributed by atoms with E-state index in [4.69, 9.17) is 0 Å². The standard InChI is InChI=1S/C24H27N5O3/c30-21-7-5-19(23(31)28-21)29-14-18-3-1-2-17(22(18)24(29)32)13-27-20-6-4-16(12-26-20)15-8-10-25-11-9-15/h1-4,6,12,15,19,25H,5,7-11,13-14H2,(H,26,27)(H,28,30,31). The van der Waals surface area contributed by atoms with Gasteiger partial charge in [-0.05, 0) is 61.0 Å². The minimum Gasteiger partial charge on any atom is -0.366 e. The number of hydrogen-bond acceptors (Lipinski definition) is 6. The lowest BCUT2D eigenvalue weighted by atomic mass is 9.91. The van der Waals surface area contributed by atoms with E-state index in [0.717, 1.165) is 42.9 Å². The lowest BCUT2D eigenvalue weighted by molar-refractivity contribution is -0.136. The Balaban J connectivity index is 1.27. The number of hydrogen-bond donors (Lipinski definition) is 3. The summed E-state index contributed by atoms with van der Waals surface area (Å²) in [6.45, 7) is 2.95. The van der Waals surface area contributed by atoms with Crippen LogP contribution in [-0.2, 0) is 22.7 Å². The molecule has 0 bridgehead atoms. The molecule has 0 aliphatic carbocycles. The van der Waals surface area contributed by atoms with Gasteiger partial charge in [-0.2, -0.15) is 0 Å². The van der Waals surface area contributed by atoms with Crippen molar-refractivity contribution in [2.24, 2.45) is 0 Å². The van der Waals surface area contributed by atoms with Crippen molar-refractivity contribution in [3.8, 4) is 0 Å². The number of pyridine rings is 1. The Morgan fingerprint density at radius 1 is 1.06 bits per heavy atom. The Hall–Kier alpha value is -3.26. The number of carbonyl (C=O) groups excluding carboxylic acids is 3. The Morgan fingerprint density at radius 3 is 2.66 bits per heavy atom. The summed E-state index contributed by atoms with van der Waals surface area (Å²) in [6, 6.07) is 9.33. The monoisotopic (exact) mass is 433 g/mol. The van der Waals surface area contributed by atoms with E-state index in [0.29, 0.717) is 31.0 Å². The second kappa shape index (κ2) is 8.70. The smallest absolute Gasteiger partial charge is 0.255 e. The maximum Gasteiger partial charge on any atom is 0.255 e. The van der Waals surface area contributed by atoms with Crippen LogP contribution in [0.3, 0.4) is 0 Å². The van der Waals surface area contributed by atoms with Gasteiger partial charge >= 0.3 is 0 Å². The molecular weight excluding hydrogens is 406 g/mol. The number of carbonyl (C=O) groups is 3. The molecule has 1 aromatic heterocycles. The van der Waals surface area contributed by atoms with Crippen molar-refractivity contribution >= 4 is 23.5 Å².